The number of likely N-dealkylation sites (N-methyl/N-ethyl adjacent to an activating group) is 1. The second-order valence-electron chi connectivity index (χ2n) is 17.1. The van der Waals surface area contributed by atoms with Gasteiger partial charge < -0.3 is 23.8 Å². The average Bonchev–Trinajstić information content (AvgIpc) is 3.18. The summed E-state index contributed by atoms with van der Waals surface area (Å²) in [5.74, 6) is -1.49. The van der Waals surface area contributed by atoms with Crippen molar-refractivity contribution in [2.45, 2.75) is 212 Å². The maximum atomic E-state index is 12.7. The summed E-state index contributed by atoms with van der Waals surface area (Å²) >= 11 is 0. The van der Waals surface area contributed by atoms with Crippen LogP contribution in [0.4, 0.5) is 0 Å². The fraction of sp³-hybridized carbons (Fsp3) is 0.780. The zero-order chi connectivity index (χ0) is 42.8. The van der Waals surface area contributed by atoms with Gasteiger partial charge >= 0.3 is 17.9 Å². The molecule has 2 atom stereocenters. The number of esters is 2. The zero-order valence-corrected chi connectivity index (χ0v) is 38.2. The summed E-state index contributed by atoms with van der Waals surface area (Å²) in [6, 6.07) is -0.619. The van der Waals surface area contributed by atoms with Crippen LogP contribution in [0.3, 0.4) is 0 Å². The summed E-state index contributed by atoms with van der Waals surface area (Å²) in [6.45, 7) is 4.69. The molecule has 0 amide bonds. The van der Waals surface area contributed by atoms with Gasteiger partial charge in [-0.2, -0.15) is 0 Å². The number of hydrogen-bond acceptors (Lipinski definition) is 6. The highest BCUT2D eigenvalue weighted by atomic mass is 16.6. The first kappa shape index (κ1) is 55.3. The third-order valence-electron chi connectivity index (χ3n) is 10.6. The van der Waals surface area contributed by atoms with Crippen molar-refractivity contribution in [2.75, 3.05) is 41.0 Å². The van der Waals surface area contributed by atoms with E-state index in [9.17, 15) is 19.5 Å². The third kappa shape index (κ3) is 38.8. The van der Waals surface area contributed by atoms with Crippen molar-refractivity contribution in [2.24, 2.45) is 0 Å². The predicted octanol–water partition coefficient (Wildman–Crippen LogP) is 13.2. The minimum absolute atomic E-state index is 0.0523. The molecular weight excluding hydrogens is 727 g/mol. The van der Waals surface area contributed by atoms with Crippen LogP contribution < -0.4 is 0 Å². The van der Waals surface area contributed by atoms with Crippen molar-refractivity contribution in [1.82, 2.24) is 0 Å². The van der Waals surface area contributed by atoms with E-state index in [0.717, 1.165) is 64.2 Å². The lowest BCUT2D eigenvalue weighted by molar-refractivity contribution is -0.887. The lowest BCUT2D eigenvalue weighted by Gasteiger charge is -2.31. The number of ether oxygens (including phenoxy) is 3. The Hall–Kier alpha value is -2.71. The molecule has 0 aliphatic carbocycles. The molecule has 0 aromatic heterocycles. The molecule has 0 rings (SSSR count). The van der Waals surface area contributed by atoms with E-state index in [0.29, 0.717) is 19.3 Å². The first-order valence-corrected chi connectivity index (χ1v) is 23.7. The molecule has 0 spiro atoms. The molecule has 8 nitrogen and oxygen atoms in total. The van der Waals surface area contributed by atoms with E-state index in [1.54, 1.807) is 0 Å². The molecule has 0 aliphatic heterocycles. The van der Waals surface area contributed by atoms with Crippen molar-refractivity contribution in [1.29, 1.82) is 0 Å². The molecule has 0 fully saturated rings. The molecule has 0 aromatic carbocycles. The minimum atomic E-state index is -0.879. The number of carbonyl (C=O) groups excluding carboxylic acids is 2. The van der Waals surface area contributed by atoms with Gasteiger partial charge in [0, 0.05) is 19.3 Å². The van der Waals surface area contributed by atoms with Crippen LogP contribution in [-0.4, -0.2) is 80.6 Å². The van der Waals surface area contributed by atoms with E-state index in [4.69, 9.17) is 14.2 Å². The van der Waals surface area contributed by atoms with Gasteiger partial charge in [-0.1, -0.05) is 191 Å². The van der Waals surface area contributed by atoms with Crippen LogP contribution >= 0.6 is 0 Å². The van der Waals surface area contributed by atoms with Crippen LogP contribution in [0, 0.1) is 0 Å². The highest BCUT2D eigenvalue weighted by molar-refractivity contribution is 5.72. The highest BCUT2D eigenvalue weighted by Gasteiger charge is 2.31. The predicted molar refractivity (Wildman–Crippen MR) is 243 cm³/mol. The Bertz CT molecular complexity index is 1090. The van der Waals surface area contributed by atoms with Gasteiger partial charge in [0.1, 0.15) is 6.61 Å². The van der Waals surface area contributed by atoms with Crippen LogP contribution in [0.1, 0.15) is 200 Å². The molecule has 1 N–H and O–H groups in total. The number of hydrogen-bond donors (Lipinski definition) is 1. The maximum absolute atomic E-state index is 12.7. The minimum Gasteiger partial charge on any atom is -0.477 e. The summed E-state index contributed by atoms with van der Waals surface area (Å²) in [4.78, 5) is 37.1. The highest BCUT2D eigenvalue weighted by Crippen LogP contribution is 2.15. The SMILES string of the molecule is CCCCC/C=C/C=C/C=C/C=C/CCCCCCCC(=O)OC(COCCC(C(=O)O)[N+](C)(C)C)COC(=O)CCCCCCCCCCCCCCCCCC. The maximum Gasteiger partial charge on any atom is 0.362 e. The molecular formula is C50H90NO7+. The normalized spacial score (nSPS) is 13.3. The van der Waals surface area contributed by atoms with Gasteiger partial charge in [-0.25, -0.2) is 4.79 Å². The quantitative estimate of drug-likeness (QED) is 0.0283. The summed E-state index contributed by atoms with van der Waals surface area (Å²) in [5.41, 5.74) is 0. The Kier molecular flexibility index (Phi) is 39.1. The summed E-state index contributed by atoms with van der Waals surface area (Å²) in [6.07, 6.45) is 48.6. The fourth-order valence-corrected chi connectivity index (χ4v) is 6.87. The molecule has 0 bridgehead atoms. The summed E-state index contributed by atoms with van der Waals surface area (Å²) in [5, 5.41) is 9.63. The summed E-state index contributed by atoms with van der Waals surface area (Å²) in [7, 11) is 5.52. The Labute approximate surface area is 356 Å². The number of carbonyl (C=O) groups is 3. The first-order valence-electron chi connectivity index (χ1n) is 23.7. The molecule has 58 heavy (non-hydrogen) atoms. The smallest absolute Gasteiger partial charge is 0.362 e. The van der Waals surface area contributed by atoms with E-state index >= 15 is 0 Å². The molecule has 8 heteroatoms. The second kappa shape index (κ2) is 41.0. The van der Waals surface area contributed by atoms with Crippen molar-refractivity contribution in [3.05, 3.63) is 48.6 Å². The standard InChI is InChI=1S/C50H89NO7/c1-6-8-10-12-14-16-18-20-22-24-25-27-29-31-33-35-37-39-41-49(53)58-46(44-56-43-42-47(50(54)55)51(3,4)5)45-57-48(52)40-38-36-34-32-30-28-26-23-21-19-17-15-13-11-9-7-2/h14,16,18,20,22,24-25,27,46-47H,6-13,15,17,19,21,23,26,28-45H2,1-5H3/p+1/b16-14+,20-18+,24-22+,27-25+. The molecule has 336 valence electrons. The van der Waals surface area contributed by atoms with E-state index in [1.165, 1.54) is 103 Å². The zero-order valence-electron chi connectivity index (χ0n) is 38.2. The second-order valence-corrected chi connectivity index (χ2v) is 17.1. The van der Waals surface area contributed by atoms with E-state index < -0.39 is 18.1 Å². The fourth-order valence-electron chi connectivity index (χ4n) is 6.87. The van der Waals surface area contributed by atoms with Crippen LogP contribution in [0.5, 0.6) is 0 Å². The average molecular weight is 817 g/mol. The number of carboxylic acids is 1. The van der Waals surface area contributed by atoms with Crippen LogP contribution in [0.15, 0.2) is 48.6 Å². The van der Waals surface area contributed by atoms with E-state index in [2.05, 4.69) is 62.5 Å². The van der Waals surface area contributed by atoms with Gasteiger partial charge in [0.15, 0.2) is 12.1 Å². The van der Waals surface area contributed by atoms with Crippen molar-refractivity contribution in [3.8, 4) is 0 Å². The van der Waals surface area contributed by atoms with Crippen LogP contribution in [-0.2, 0) is 28.6 Å². The largest absolute Gasteiger partial charge is 0.477 e. The monoisotopic (exact) mass is 817 g/mol. The number of quaternary nitrogens is 1. The van der Waals surface area contributed by atoms with Gasteiger partial charge in [0.25, 0.3) is 0 Å². The lowest BCUT2D eigenvalue weighted by atomic mass is 10.0. The molecule has 0 heterocycles. The number of carboxylic acid groups (broad SMARTS) is 1. The van der Waals surface area contributed by atoms with Gasteiger partial charge in [-0.3, -0.25) is 9.59 Å². The Morgan fingerprint density at radius 2 is 0.914 bits per heavy atom. The van der Waals surface area contributed by atoms with Gasteiger partial charge in [-0.05, 0) is 38.5 Å². The topological polar surface area (TPSA) is 99.1 Å². The van der Waals surface area contributed by atoms with Gasteiger partial charge in [0.2, 0.25) is 0 Å². The number of rotatable bonds is 42. The summed E-state index contributed by atoms with van der Waals surface area (Å²) < 4.78 is 17.3. The van der Waals surface area contributed by atoms with Crippen molar-refractivity contribution < 1.29 is 38.2 Å². The Balaban J connectivity index is 4.35. The molecule has 0 radical (unpaired) electrons. The number of nitrogens with zero attached hydrogens (tertiary/aromatic N) is 1. The van der Waals surface area contributed by atoms with E-state index in [1.807, 2.05) is 21.1 Å². The van der Waals surface area contributed by atoms with Gasteiger partial charge in [-0.15, -0.1) is 0 Å². The third-order valence-corrected chi connectivity index (χ3v) is 10.6. The number of aliphatic carboxylic acids is 1. The molecule has 0 aromatic rings. The van der Waals surface area contributed by atoms with Crippen LogP contribution in [0.25, 0.3) is 0 Å². The molecule has 0 aliphatic rings. The molecule has 0 saturated carbocycles. The lowest BCUT2D eigenvalue weighted by Crippen LogP contribution is -2.50. The van der Waals surface area contributed by atoms with Crippen LogP contribution in [0.2, 0.25) is 0 Å². The van der Waals surface area contributed by atoms with Crippen molar-refractivity contribution >= 4 is 17.9 Å². The Morgan fingerprint density at radius 3 is 1.38 bits per heavy atom. The van der Waals surface area contributed by atoms with E-state index in [-0.39, 0.29) is 36.2 Å². The number of allylic oxidation sites excluding steroid dienone is 8. The number of unbranched alkanes of at least 4 members (excludes halogenated alkanes) is 23. The Morgan fingerprint density at radius 1 is 0.517 bits per heavy atom. The van der Waals surface area contributed by atoms with Gasteiger partial charge in [0.05, 0.1) is 34.4 Å². The molecule has 2 unspecified atom stereocenters. The van der Waals surface area contributed by atoms with Crippen molar-refractivity contribution in [3.63, 3.8) is 0 Å². The molecule has 0 saturated heterocycles. The first-order chi connectivity index (χ1) is 28.1.